The fraction of sp³-hybridized carbons (Fsp3) is 0.478. The van der Waals surface area contributed by atoms with Crippen LogP contribution in [0, 0.1) is 5.92 Å². The lowest BCUT2D eigenvalue weighted by Gasteiger charge is -2.38. The minimum atomic E-state index is 0.0975. The molecule has 0 radical (unpaired) electrons. The molecule has 0 spiro atoms. The van der Waals surface area contributed by atoms with Gasteiger partial charge in [0.05, 0.1) is 0 Å². The lowest BCUT2D eigenvalue weighted by molar-refractivity contribution is -0.138. The van der Waals surface area contributed by atoms with E-state index < -0.39 is 0 Å². The van der Waals surface area contributed by atoms with Crippen LogP contribution in [-0.2, 0) is 11.3 Å². The van der Waals surface area contributed by atoms with Crippen molar-refractivity contribution in [3.05, 3.63) is 42.2 Å². The SMILES string of the molecule is O=C(C1CCN(c2ccc3nncn3n2)CC1)N1CCN(Cc2ccc3c(c2)OCO3)CC1. The van der Waals surface area contributed by atoms with E-state index in [0.717, 1.165) is 81.6 Å². The average Bonchev–Trinajstić information content (AvgIpc) is 3.53. The second-order valence-corrected chi connectivity index (χ2v) is 8.88. The van der Waals surface area contributed by atoms with E-state index in [9.17, 15) is 4.79 Å². The predicted octanol–water partition coefficient (Wildman–Crippen LogP) is 1.41. The molecule has 0 N–H and O–H groups in total. The van der Waals surface area contributed by atoms with Gasteiger partial charge in [-0.3, -0.25) is 9.69 Å². The van der Waals surface area contributed by atoms with Crippen LogP contribution in [0.3, 0.4) is 0 Å². The maximum Gasteiger partial charge on any atom is 0.231 e. The maximum atomic E-state index is 13.2. The van der Waals surface area contributed by atoms with Gasteiger partial charge in [-0.25, -0.2) is 0 Å². The van der Waals surface area contributed by atoms with Crippen molar-refractivity contribution in [1.82, 2.24) is 29.6 Å². The minimum Gasteiger partial charge on any atom is -0.454 e. The molecule has 2 saturated heterocycles. The number of rotatable bonds is 4. The number of carbonyl (C=O) groups excluding carboxylic acids is 1. The third-order valence-electron chi connectivity index (χ3n) is 6.84. The second kappa shape index (κ2) is 8.51. The van der Waals surface area contributed by atoms with Gasteiger partial charge in [-0.2, -0.15) is 4.52 Å². The number of aromatic nitrogens is 4. The van der Waals surface area contributed by atoms with E-state index in [-0.39, 0.29) is 5.92 Å². The Kier molecular flexibility index (Phi) is 5.21. The number of hydrogen-bond acceptors (Lipinski definition) is 8. The number of carbonyl (C=O) groups is 1. The van der Waals surface area contributed by atoms with E-state index in [0.29, 0.717) is 12.7 Å². The van der Waals surface area contributed by atoms with Crippen LogP contribution in [0.15, 0.2) is 36.7 Å². The summed E-state index contributed by atoms with van der Waals surface area (Å²) in [5.41, 5.74) is 1.95. The summed E-state index contributed by atoms with van der Waals surface area (Å²) in [5, 5.41) is 12.5. The van der Waals surface area contributed by atoms with Crippen LogP contribution in [0.5, 0.6) is 11.5 Å². The fourth-order valence-corrected chi connectivity index (χ4v) is 4.92. The molecular formula is C23H27N7O3. The highest BCUT2D eigenvalue weighted by Crippen LogP contribution is 2.33. The van der Waals surface area contributed by atoms with Gasteiger partial charge < -0.3 is 19.3 Å². The summed E-state index contributed by atoms with van der Waals surface area (Å²) in [5.74, 6) is 2.95. The summed E-state index contributed by atoms with van der Waals surface area (Å²) < 4.78 is 12.6. The van der Waals surface area contributed by atoms with Crippen LogP contribution < -0.4 is 14.4 Å². The highest BCUT2D eigenvalue weighted by Gasteiger charge is 2.31. The maximum absolute atomic E-state index is 13.2. The molecule has 6 rings (SSSR count). The normalized spacial score (nSPS) is 19.4. The summed E-state index contributed by atoms with van der Waals surface area (Å²) in [4.78, 5) is 19.8. The largest absolute Gasteiger partial charge is 0.454 e. The average molecular weight is 450 g/mol. The number of piperazine rings is 1. The third kappa shape index (κ3) is 4.06. The van der Waals surface area contributed by atoms with Crippen molar-refractivity contribution < 1.29 is 14.3 Å². The van der Waals surface area contributed by atoms with Crippen LogP contribution in [0.25, 0.3) is 5.65 Å². The van der Waals surface area contributed by atoms with E-state index >= 15 is 0 Å². The van der Waals surface area contributed by atoms with Crippen molar-refractivity contribution in [2.24, 2.45) is 5.92 Å². The van der Waals surface area contributed by atoms with Gasteiger partial charge in [0.25, 0.3) is 0 Å². The molecule has 3 aliphatic heterocycles. The molecule has 5 heterocycles. The number of amides is 1. The lowest BCUT2D eigenvalue weighted by atomic mass is 9.95. The van der Waals surface area contributed by atoms with Crippen molar-refractivity contribution in [2.75, 3.05) is 51.0 Å². The molecule has 0 bridgehead atoms. The Labute approximate surface area is 191 Å². The topological polar surface area (TPSA) is 88.3 Å². The molecule has 2 fully saturated rings. The Morgan fingerprint density at radius 3 is 2.64 bits per heavy atom. The summed E-state index contributed by atoms with van der Waals surface area (Å²) >= 11 is 0. The molecule has 0 saturated carbocycles. The van der Waals surface area contributed by atoms with Gasteiger partial charge >= 0.3 is 0 Å². The zero-order valence-corrected chi connectivity index (χ0v) is 18.5. The van der Waals surface area contributed by atoms with Crippen molar-refractivity contribution in [1.29, 1.82) is 0 Å². The molecule has 10 heteroatoms. The monoisotopic (exact) mass is 449 g/mol. The van der Waals surface area contributed by atoms with Crippen molar-refractivity contribution in [3.8, 4) is 11.5 Å². The van der Waals surface area contributed by atoms with Crippen LogP contribution in [0.1, 0.15) is 18.4 Å². The zero-order chi connectivity index (χ0) is 22.2. The lowest BCUT2D eigenvalue weighted by Crippen LogP contribution is -2.51. The number of benzene rings is 1. The highest BCUT2D eigenvalue weighted by molar-refractivity contribution is 5.79. The van der Waals surface area contributed by atoms with Gasteiger partial charge in [-0.15, -0.1) is 15.3 Å². The standard InChI is InChI=1S/C23H27N7O3/c31-23(18-5-7-28(8-6-18)22-4-3-21-25-24-15-30(21)26-22)29-11-9-27(10-12-29)14-17-1-2-19-20(13-17)33-16-32-19/h1-4,13,15,18H,5-12,14,16H2. The predicted molar refractivity (Wildman–Crippen MR) is 120 cm³/mol. The minimum absolute atomic E-state index is 0.0975. The number of nitrogens with zero attached hydrogens (tertiary/aromatic N) is 7. The second-order valence-electron chi connectivity index (χ2n) is 8.88. The van der Waals surface area contributed by atoms with Crippen molar-refractivity contribution in [3.63, 3.8) is 0 Å². The molecule has 3 aromatic rings. The molecule has 0 unspecified atom stereocenters. The first kappa shape index (κ1) is 20.2. The number of hydrogen-bond donors (Lipinski definition) is 0. The molecule has 172 valence electrons. The summed E-state index contributed by atoms with van der Waals surface area (Å²) in [6.45, 7) is 6.18. The van der Waals surface area contributed by atoms with Crippen LogP contribution in [0.4, 0.5) is 5.82 Å². The van der Waals surface area contributed by atoms with Crippen LogP contribution in [0.2, 0.25) is 0 Å². The van der Waals surface area contributed by atoms with Crippen LogP contribution in [-0.4, -0.2) is 81.6 Å². The van der Waals surface area contributed by atoms with E-state index in [2.05, 4.69) is 42.1 Å². The molecule has 3 aliphatic rings. The quantitative estimate of drug-likeness (QED) is 0.591. The molecule has 0 aliphatic carbocycles. The zero-order valence-electron chi connectivity index (χ0n) is 18.5. The smallest absolute Gasteiger partial charge is 0.231 e. The van der Waals surface area contributed by atoms with E-state index in [1.54, 1.807) is 10.8 Å². The van der Waals surface area contributed by atoms with Gasteiger partial charge in [0.1, 0.15) is 12.1 Å². The number of fused-ring (bicyclic) bond motifs is 2. The van der Waals surface area contributed by atoms with Gasteiger partial charge in [-0.05, 0) is 42.7 Å². The first-order valence-corrected chi connectivity index (χ1v) is 11.5. The number of anilines is 1. The first-order valence-electron chi connectivity index (χ1n) is 11.5. The summed E-state index contributed by atoms with van der Waals surface area (Å²) in [7, 11) is 0. The molecule has 1 aromatic carbocycles. The van der Waals surface area contributed by atoms with Gasteiger partial charge in [-0.1, -0.05) is 6.07 Å². The summed E-state index contributed by atoms with van der Waals surface area (Å²) in [6.07, 6.45) is 3.33. The Balaban J connectivity index is 0.995. The first-order chi connectivity index (χ1) is 16.2. The molecule has 0 atom stereocenters. The fourth-order valence-electron chi connectivity index (χ4n) is 4.92. The van der Waals surface area contributed by atoms with Gasteiger partial charge in [0.2, 0.25) is 12.7 Å². The molecular weight excluding hydrogens is 422 g/mol. The van der Waals surface area contributed by atoms with E-state index in [4.69, 9.17) is 9.47 Å². The van der Waals surface area contributed by atoms with Gasteiger partial charge in [0.15, 0.2) is 17.1 Å². The number of piperidine rings is 1. The Morgan fingerprint density at radius 1 is 0.970 bits per heavy atom. The van der Waals surface area contributed by atoms with Gasteiger partial charge in [0, 0.05) is 51.7 Å². The molecule has 33 heavy (non-hydrogen) atoms. The molecule has 1 amide bonds. The molecule has 2 aromatic heterocycles. The van der Waals surface area contributed by atoms with Crippen molar-refractivity contribution in [2.45, 2.75) is 19.4 Å². The highest BCUT2D eigenvalue weighted by atomic mass is 16.7. The Hall–Kier alpha value is -3.40. The van der Waals surface area contributed by atoms with Crippen molar-refractivity contribution >= 4 is 17.4 Å². The van der Waals surface area contributed by atoms with E-state index in [1.807, 2.05) is 18.2 Å². The third-order valence-corrected chi connectivity index (χ3v) is 6.84. The Morgan fingerprint density at radius 2 is 1.79 bits per heavy atom. The molecule has 10 nitrogen and oxygen atoms in total. The number of ether oxygens (including phenoxy) is 2. The summed E-state index contributed by atoms with van der Waals surface area (Å²) in [6, 6.07) is 10.0. The Bertz CT molecular complexity index is 1150. The van der Waals surface area contributed by atoms with Crippen LogP contribution >= 0.6 is 0 Å². The van der Waals surface area contributed by atoms with E-state index in [1.165, 1.54) is 5.56 Å².